The molecule has 1 N–H and O–H groups in total. The third-order valence-corrected chi connectivity index (χ3v) is 5.18. The summed E-state index contributed by atoms with van der Waals surface area (Å²) in [5.74, 6) is 1.33. The van der Waals surface area contributed by atoms with Crippen molar-refractivity contribution in [3.05, 3.63) is 48.0 Å². The van der Waals surface area contributed by atoms with Crippen LogP contribution >= 0.6 is 0 Å². The van der Waals surface area contributed by atoms with Gasteiger partial charge in [0.2, 0.25) is 0 Å². The molecule has 0 amide bonds. The summed E-state index contributed by atoms with van der Waals surface area (Å²) >= 11 is 0. The predicted octanol–water partition coefficient (Wildman–Crippen LogP) is 5.48. The Hall–Kier alpha value is -1.34. The van der Waals surface area contributed by atoms with Crippen LogP contribution in [0.2, 0.25) is 0 Å². The normalized spacial score (nSPS) is 24.1. The molecule has 0 aromatic heterocycles. The largest absolute Gasteiger partial charge is 0.388 e. The van der Waals surface area contributed by atoms with Gasteiger partial charge < -0.3 is 5.11 Å². The van der Waals surface area contributed by atoms with Gasteiger partial charge in [-0.05, 0) is 41.0 Å². The van der Waals surface area contributed by atoms with Crippen molar-refractivity contribution in [2.45, 2.75) is 51.6 Å². The molecule has 112 valence electrons. The Labute approximate surface area is 128 Å². The molecule has 1 fully saturated rings. The van der Waals surface area contributed by atoms with Gasteiger partial charge in [0.05, 0.1) is 6.10 Å². The minimum atomic E-state index is -0.307. The van der Waals surface area contributed by atoms with Gasteiger partial charge in [-0.3, -0.25) is 0 Å². The summed E-state index contributed by atoms with van der Waals surface area (Å²) < 4.78 is 0. The van der Waals surface area contributed by atoms with E-state index in [1.165, 1.54) is 49.3 Å². The SMILES string of the molecule is CCCC1CCC(C(O)c2cccc3ccccc23)CC1. The Bertz CT molecular complexity index is 576. The van der Waals surface area contributed by atoms with Gasteiger partial charge in [-0.25, -0.2) is 0 Å². The summed E-state index contributed by atoms with van der Waals surface area (Å²) in [4.78, 5) is 0. The van der Waals surface area contributed by atoms with Gasteiger partial charge in [0.1, 0.15) is 0 Å². The lowest BCUT2D eigenvalue weighted by molar-refractivity contribution is 0.0733. The van der Waals surface area contributed by atoms with E-state index < -0.39 is 0 Å². The minimum Gasteiger partial charge on any atom is -0.388 e. The summed E-state index contributed by atoms with van der Waals surface area (Å²) in [6.45, 7) is 2.27. The molecule has 0 saturated heterocycles. The van der Waals surface area contributed by atoms with Gasteiger partial charge in [0, 0.05) is 0 Å². The van der Waals surface area contributed by atoms with Crippen LogP contribution in [0.25, 0.3) is 10.8 Å². The Morgan fingerprint density at radius 2 is 1.71 bits per heavy atom. The summed E-state index contributed by atoms with van der Waals surface area (Å²) in [5.41, 5.74) is 1.12. The first-order chi connectivity index (χ1) is 10.3. The predicted molar refractivity (Wildman–Crippen MR) is 89.3 cm³/mol. The number of aliphatic hydroxyl groups excluding tert-OH is 1. The molecule has 2 aromatic rings. The maximum atomic E-state index is 10.9. The Kier molecular flexibility index (Phi) is 4.60. The standard InChI is InChI=1S/C20H26O/c1-2-6-15-11-13-17(14-12-15)20(21)19-10-5-8-16-7-3-4-9-18(16)19/h3-5,7-10,15,17,20-21H,2,6,11-14H2,1H3. The number of benzene rings is 2. The molecular weight excluding hydrogens is 256 g/mol. The molecule has 0 spiro atoms. The summed E-state index contributed by atoms with van der Waals surface area (Å²) in [6, 6.07) is 14.7. The van der Waals surface area contributed by atoms with Gasteiger partial charge >= 0.3 is 0 Å². The molecule has 3 rings (SSSR count). The smallest absolute Gasteiger partial charge is 0.0824 e. The van der Waals surface area contributed by atoms with Crippen LogP contribution in [0.15, 0.2) is 42.5 Å². The average Bonchev–Trinajstić information content (AvgIpc) is 2.55. The molecule has 1 atom stereocenters. The van der Waals surface area contributed by atoms with Gasteiger partial charge in [-0.1, -0.05) is 75.1 Å². The number of hydrogen-bond donors (Lipinski definition) is 1. The van der Waals surface area contributed by atoms with Crippen molar-refractivity contribution < 1.29 is 5.11 Å². The fourth-order valence-corrected chi connectivity index (χ4v) is 3.96. The molecule has 1 aliphatic carbocycles. The monoisotopic (exact) mass is 282 g/mol. The number of rotatable bonds is 4. The van der Waals surface area contributed by atoms with E-state index in [1.54, 1.807) is 0 Å². The lowest BCUT2D eigenvalue weighted by atomic mass is 9.76. The first-order valence-electron chi connectivity index (χ1n) is 8.45. The van der Waals surface area contributed by atoms with Crippen molar-refractivity contribution >= 4 is 10.8 Å². The lowest BCUT2D eigenvalue weighted by Gasteiger charge is -2.32. The maximum absolute atomic E-state index is 10.9. The van der Waals surface area contributed by atoms with Crippen molar-refractivity contribution in [2.24, 2.45) is 11.8 Å². The van der Waals surface area contributed by atoms with E-state index in [2.05, 4.69) is 49.4 Å². The molecule has 1 heteroatoms. The van der Waals surface area contributed by atoms with Crippen LogP contribution < -0.4 is 0 Å². The van der Waals surface area contributed by atoms with Gasteiger partial charge in [-0.15, -0.1) is 0 Å². The van der Waals surface area contributed by atoms with E-state index in [-0.39, 0.29) is 6.10 Å². The first kappa shape index (κ1) is 14.6. The lowest BCUT2D eigenvalue weighted by Crippen LogP contribution is -2.20. The first-order valence-corrected chi connectivity index (χ1v) is 8.45. The zero-order valence-corrected chi connectivity index (χ0v) is 13.0. The van der Waals surface area contributed by atoms with Crippen molar-refractivity contribution in [1.29, 1.82) is 0 Å². The molecule has 1 unspecified atom stereocenters. The van der Waals surface area contributed by atoms with E-state index in [1.807, 2.05) is 0 Å². The van der Waals surface area contributed by atoms with Crippen LogP contribution in [0.1, 0.15) is 57.1 Å². The van der Waals surface area contributed by atoms with Gasteiger partial charge in [-0.2, -0.15) is 0 Å². The zero-order valence-electron chi connectivity index (χ0n) is 13.0. The van der Waals surface area contributed by atoms with Crippen molar-refractivity contribution in [2.75, 3.05) is 0 Å². The quantitative estimate of drug-likeness (QED) is 0.787. The summed E-state index contributed by atoms with van der Waals surface area (Å²) in [6.07, 6.45) is 7.28. The van der Waals surface area contributed by atoms with E-state index in [9.17, 15) is 5.11 Å². The Morgan fingerprint density at radius 1 is 1.00 bits per heavy atom. The second-order valence-corrected chi connectivity index (χ2v) is 6.58. The van der Waals surface area contributed by atoms with Crippen molar-refractivity contribution in [3.8, 4) is 0 Å². The van der Waals surface area contributed by atoms with Gasteiger partial charge in [0.25, 0.3) is 0 Å². The molecular formula is C20H26O. The topological polar surface area (TPSA) is 20.2 Å². The molecule has 0 bridgehead atoms. The highest BCUT2D eigenvalue weighted by atomic mass is 16.3. The van der Waals surface area contributed by atoms with Crippen LogP contribution in [0.3, 0.4) is 0 Å². The highest BCUT2D eigenvalue weighted by molar-refractivity contribution is 5.85. The van der Waals surface area contributed by atoms with E-state index in [0.717, 1.165) is 11.5 Å². The highest BCUT2D eigenvalue weighted by Crippen LogP contribution is 2.39. The van der Waals surface area contributed by atoms with Gasteiger partial charge in [0.15, 0.2) is 0 Å². The molecule has 0 aliphatic heterocycles. The second-order valence-electron chi connectivity index (χ2n) is 6.58. The average molecular weight is 282 g/mol. The zero-order chi connectivity index (χ0) is 14.7. The van der Waals surface area contributed by atoms with Crippen molar-refractivity contribution in [1.82, 2.24) is 0 Å². The molecule has 21 heavy (non-hydrogen) atoms. The molecule has 1 aliphatic rings. The number of hydrogen-bond acceptors (Lipinski definition) is 1. The Morgan fingerprint density at radius 3 is 2.48 bits per heavy atom. The third-order valence-electron chi connectivity index (χ3n) is 5.18. The highest BCUT2D eigenvalue weighted by Gasteiger charge is 2.27. The summed E-state index contributed by atoms with van der Waals surface area (Å²) in [7, 11) is 0. The van der Waals surface area contributed by atoms with E-state index in [0.29, 0.717) is 5.92 Å². The Balaban J connectivity index is 1.77. The maximum Gasteiger partial charge on any atom is 0.0824 e. The summed E-state index contributed by atoms with van der Waals surface area (Å²) in [5, 5.41) is 13.3. The van der Waals surface area contributed by atoms with Crippen molar-refractivity contribution in [3.63, 3.8) is 0 Å². The molecule has 2 aromatic carbocycles. The van der Waals surface area contributed by atoms with Crippen LogP contribution in [0.5, 0.6) is 0 Å². The molecule has 0 radical (unpaired) electrons. The third kappa shape index (κ3) is 3.13. The van der Waals surface area contributed by atoms with Crippen LogP contribution in [0, 0.1) is 11.8 Å². The number of aliphatic hydroxyl groups is 1. The fourth-order valence-electron chi connectivity index (χ4n) is 3.96. The minimum absolute atomic E-state index is 0.307. The van der Waals surface area contributed by atoms with E-state index >= 15 is 0 Å². The van der Waals surface area contributed by atoms with Crippen LogP contribution in [-0.2, 0) is 0 Å². The van der Waals surface area contributed by atoms with Crippen LogP contribution in [-0.4, -0.2) is 5.11 Å². The number of fused-ring (bicyclic) bond motifs is 1. The molecule has 1 nitrogen and oxygen atoms in total. The molecule has 1 saturated carbocycles. The molecule has 0 heterocycles. The van der Waals surface area contributed by atoms with E-state index in [4.69, 9.17) is 0 Å². The van der Waals surface area contributed by atoms with Crippen LogP contribution in [0.4, 0.5) is 0 Å². The fraction of sp³-hybridized carbons (Fsp3) is 0.500. The second kappa shape index (κ2) is 6.62.